The van der Waals surface area contributed by atoms with E-state index in [1.807, 2.05) is 0 Å². The van der Waals surface area contributed by atoms with Crippen molar-refractivity contribution in [3.8, 4) is 0 Å². The number of aliphatic hydroxyl groups is 1. The van der Waals surface area contributed by atoms with Crippen LogP contribution in [0.1, 0.15) is 13.8 Å². The van der Waals surface area contributed by atoms with Crippen LogP contribution < -0.4 is 0 Å². The predicted molar refractivity (Wildman–Crippen MR) is 37.0 cm³/mol. The smallest absolute Gasteiger partial charge is 0.239 e. The summed E-state index contributed by atoms with van der Waals surface area (Å²) in [6.07, 6.45) is -1.20. The maximum Gasteiger partial charge on any atom is 0.239 e. The molecule has 10 heavy (non-hydrogen) atoms. The Morgan fingerprint density at radius 2 is 2.10 bits per heavy atom. The molecular weight excluding hydrogens is 134 g/mol. The first-order valence-corrected chi connectivity index (χ1v) is 3.23. The van der Waals surface area contributed by atoms with Crippen LogP contribution in [0.3, 0.4) is 0 Å². The highest BCUT2D eigenvalue weighted by Crippen LogP contribution is 1.90. The van der Waals surface area contributed by atoms with E-state index in [4.69, 9.17) is 10.5 Å². The Morgan fingerprint density at radius 3 is 2.50 bits per heavy atom. The average molecular weight is 147 g/mol. The number of rotatable bonds is 4. The summed E-state index contributed by atoms with van der Waals surface area (Å²) in [6, 6.07) is 0. The molecule has 0 amide bonds. The van der Waals surface area contributed by atoms with Gasteiger partial charge in [-0.25, -0.2) is 0 Å². The van der Waals surface area contributed by atoms with Gasteiger partial charge in [0, 0.05) is 6.61 Å². The van der Waals surface area contributed by atoms with Crippen molar-refractivity contribution >= 4 is 5.90 Å². The van der Waals surface area contributed by atoms with Gasteiger partial charge in [-0.3, -0.25) is 5.41 Å². The van der Waals surface area contributed by atoms with E-state index in [0.29, 0.717) is 13.2 Å². The van der Waals surface area contributed by atoms with Crippen LogP contribution >= 0.6 is 0 Å². The molecule has 0 bridgehead atoms. The fourth-order valence-electron chi connectivity index (χ4n) is 0.460. The standard InChI is InChI=1S/C6H13NO3/c1-3-9-5(7)6(8)10-4-2/h6-8H,3-4H2,1-2H3/t6-/m1/s1. The van der Waals surface area contributed by atoms with E-state index in [1.165, 1.54) is 0 Å². The van der Waals surface area contributed by atoms with Crippen LogP contribution in [0.25, 0.3) is 0 Å². The zero-order valence-corrected chi connectivity index (χ0v) is 6.26. The molecule has 0 unspecified atom stereocenters. The van der Waals surface area contributed by atoms with Gasteiger partial charge in [0.15, 0.2) is 0 Å². The summed E-state index contributed by atoms with van der Waals surface area (Å²) in [5.41, 5.74) is 0. The Morgan fingerprint density at radius 1 is 1.50 bits per heavy atom. The first kappa shape index (κ1) is 9.39. The third-order valence-corrected chi connectivity index (χ3v) is 0.849. The molecule has 0 radical (unpaired) electrons. The van der Waals surface area contributed by atoms with Crippen LogP contribution in [0.2, 0.25) is 0 Å². The summed E-state index contributed by atoms with van der Waals surface area (Å²) < 4.78 is 9.33. The lowest BCUT2D eigenvalue weighted by molar-refractivity contribution is -0.0587. The number of ether oxygens (including phenoxy) is 2. The van der Waals surface area contributed by atoms with Crippen molar-refractivity contribution < 1.29 is 14.6 Å². The number of nitrogens with one attached hydrogen (secondary N) is 1. The summed E-state index contributed by atoms with van der Waals surface area (Å²) in [5, 5.41) is 15.9. The Bertz CT molecular complexity index is 105. The van der Waals surface area contributed by atoms with Crippen LogP contribution in [0, 0.1) is 5.41 Å². The van der Waals surface area contributed by atoms with E-state index >= 15 is 0 Å². The van der Waals surface area contributed by atoms with E-state index < -0.39 is 6.29 Å². The number of hydrogen-bond donors (Lipinski definition) is 2. The predicted octanol–water partition coefficient (Wildman–Crippen LogP) is 0.355. The van der Waals surface area contributed by atoms with Crippen molar-refractivity contribution in [1.82, 2.24) is 0 Å². The van der Waals surface area contributed by atoms with Crippen molar-refractivity contribution in [1.29, 1.82) is 5.41 Å². The minimum absolute atomic E-state index is 0.232. The molecule has 0 saturated heterocycles. The topological polar surface area (TPSA) is 62.5 Å². The number of hydrogen-bond acceptors (Lipinski definition) is 4. The fraction of sp³-hybridized carbons (Fsp3) is 0.833. The van der Waals surface area contributed by atoms with Crippen molar-refractivity contribution in [2.24, 2.45) is 0 Å². The lowest BCUT2D eigenvalue weighted by Gasteiger charge is -2.10. The van der Waals surface area contributed by atoms with Gasteiger partial charge in [0.1, 0.15) is 0 Å². The maximum atomic E-state index is 8.88. The molecule has 60 valence electrons. The zero-order chi connectivity index (χ0) is 7.98. The van der Waals surface area contributed by atoms with Crippen molar-refractivity contribution in [3.05, 3.63) is 0 Å². The van der Waals surface area contributed by atoms with Crippen LogP contribution in [-0.4, -0.2) is 30.5 Å². The molecule has 0 spiro atoms. The van der Waals surface area contributed by atoms with Crippen LogP contribution in [0.15, 0.2) is 0 Å². The molecule has 0 rings (SSSR count). The third-order valence-electron chi connectivity index (χ3n) is 0.849. The normalized spacial score (nSPS) is 12.7. The van der Waals surface area contributed by atoms with E-state index in [-0.39, 0.29) is 5.90 Å². The SMILES string of the molecule is CCOC(=N)[C@H](O)OCC. The Hall–Kier alpha value is -0.610. The lowest BCUT2D eigenvalue weighted by Crippen LogP contribution is -2.25. The number of aliphatic hydroxyl groups excluding tert-OH is 1. The van der Waals surface area contributed by atoms with E-state index in [1.54, 1.807) is 13.8 Å². The Kier molecular flexibility index (Phi) is 4.88. The maximum absolute atomic E-state index is 8.88. The Labute approximate surface area is 60.3 Å². The molecule has 0 heterocycles. The molecule has 0 saturated carbocycles. The molecule has 0 aliphatic heterocycles. The van der Waals surface area contributed by atoms with Gasteiger partial charge < -0.3 is 14.6 Å². The Balaban J connectivity index is 3.49. The van der Waals surface area contributed by atoms with Gasteiger partial charge in [-0.15, -0.1) is 0 Å². The highest BCUT2D eigenvalue weighted by Gasteiger charge is 2.09. The quantitative estimate of drug-likeness (QED) is 0.343. The summed E-state index contributed by atoms with van der Waals surface area (Å²) in [7, 11) is 0. The van der Waals surface area contributed by atoms with E-state index in [9.17, 15) is 0 Å². The molecule has 1 atom stereocenters. The molecule has 4 nitrogen and oxygen atoms in total. The summed E-state index contributed by atoms with van der Waals surface area (Å²) in [4.78, 5) is 0. The first-order valence-electron chi connectivity index (χ1n) is 3.23. The molecule has 0 aliphatic rings. The molecular formula is C6H13NO3. The second-order valence-electron chi connectivity index (χ2n) is 1.60. The average Bonchev–Trinajstić information content (AvgIpc) is 1.89. The molecule has 0 aliphatic carbocycles. The molecule has 0 aromatic heterocycles. The molecule has 0 aromatic carbocycles. The summed E-state index contributed by atoms with van der Waals surface area (Å²) in [5.74, 6) is -0.232. The first-order chi connectivity index (χ1) is 4.72. The van der Waals surface area contributed by atoms with Gasteiger partial charge in [-0.2, -0.15) is 0 Å². The van der Waals surface area contributed by atoms with Gasteiger partial charge in [0.2, 0.25) is 12.2 Å². The minimum atomic E-state index is -1.20. The van der Waals surface area contributed by atoms with E-state index in [2.05, 4.69) is 9.47 Å². The lowest BCUT2D eigenvalue weighted by atomic mass is 10.6. The molecule has 0 fully saturated rings. The second kappa shape index (κ2) is 5.20. The highest BCUT2D eigenvalue weighted by atomic mass is 16.6. The largest absolute Gasteiger partial charge is 0.478 e. The summed E-state index contributed by atoms with van der Waals surface area (Å²) >= 11 is 0. The van der Waals surface area contributed by atoms with Gasteiger partial charge in [0.05, 0.1) is 6.61 Å². The second-order valence-corrected chi connectivity index (χ2v) is 1.60. The minimum Gasteiger partial charge on any atom is -0.478 e. The van der Waals surface area contributed by atoms with Crippen LogP contribution in [0.4, 0.5) is 0 Å². The van der Waals surface area contributed by atoms with Crippen molar-refractivity contribution in [2.75, 3.05) is 13.2 Å². The van der Waals surface area contributed by atoms with Gasteiger partial charge in [-0.1, -0.05) is 0 Å². The van der Waals surface area contributed by atoms with Gasteiger partial charge in [-0.05, 0) is 13.8 Å². The highest BCUT2D eigenvalue weighted by molar-refractivity contribution is 5.75. The fourth-order valence-corrected chi connectivity index (χ4v) is 0.460. The third kappa shape index (κ3) is 3.42. The van der Waals surface area contributed by atoms with E-state index in [0.717, 1.165) is 0 Å². The summed E-state index contributed by atoms with van der Waals surface area (Å²) in [6.45, 7) is 4.23. The molecule has 2 N–H and O–H groups in total. The molecule has 0 aromatic rings. The monoisotopic (exact) mass is 147 g/mol. The van der Waals surface area contributed by atoms with Crippen molar-refractivity contribution in [3.63, 3.8) is 0 Å². The van der Waals surface area contributed by atoms with Gasteiger partial charge >= 0.3 is 0 Å². The molecule has 4 heteroatoms. The van der Waals surface area contributed by atoms with Crippen molar-refractivity contribution in [2.45, 2.75) is 20.1 Å². The van der Waals surface area contributed by atoms with Crippen LogP contribution in [0.5, 0.6) is 0 Å². The zero-order valence-electron chi connectivity index (χ0n) is 6.26. The van der Waals surface area contributed by atoms with Gasteiger partial charge in [0.25, 0.3) is 0 Å². The van der Waals surface area contributed by atoms with Crippen LogP contribution in [-0.2, 0) is 9.47 Å².